The molecule has 2 aromatic carbocycles. The summed E-state index contributed by atoms with van der Waals surface area (Å²) in [6.07, 6.45) is 1.92. The zero-order chi connectivity index (χ0) is 14.9. The Kier molecular flexibility index (Phi) is 6.38. The molecule has 21 heavy (non-hydrogen) atoms. The fourth-order valence-corrected chi connectivity index (χ4v) is 2.88. The highest BCUT2D eigenvalue weighted by molar-refractivity contribution is 7.99. The van der Waals surface area contributed by atoms with Crippen molar-refractivity contribution in [3.63, 3.8) is 0 Å². The maximum absolute atomic E-state index is 5.37. The molecular weight excluding hydrogens is 278 g/mol. The Bertz CT molecular complexity index is 556. The van der Waals surface area contributed by atoms with Crippen LogP contribution >= 0.6 is 11.8 Å². The molecule has 0 radical (unpaired) electrons. The minimum atomic E-state index is 0.140. The summed E-state index contributed by atoms with van der Waals surface area (Å²) in [4.78, 5) is 1.23. The fourth-order valence-electron chi connectivity index (χ4n) is 2.12. The summed E-state index contributed by atoms with van der Waals surface area (Å²) in [5.74, 6) is 0.902. The van der Waals surface area contributed by atoms with Crippen LogP contribution in [-0.4, -0.2) is 19.5 Å². The van der Waals surface area contributed by atoms with Gasteiger partial charge in [0.25, 0.3) is 0 Å². The molecule has 0 heterocycles. The zero-order valence-corrected chi connectivity index (χ0v) is 13.1. The molecule has 0 saturated carbocycles. The minimum absolute atomic E-state index is 0.140. The molecule has 2 aromatic rings. The van der Waals surface area contributed by atoms with E-state index in [-0.39, 0.29) is 6.04 Å². The number of methoxy groups -OCH3 is 1. The van der Waals surface area contributed by atoms with Crippen LogP contribution in [0.1, 0.15) is 11.6 Å². The van der Waals surface area contributed by atoms with Gasteiger partial charge in [-0.05, 0) is 17.7 Å². The van der Waals surface area contributed by atoms with Crippen molar-refractivity contribution in [2.24, 2.45) is 0 Å². The molecule has 1 unspecified atom stereocenters. The highest BCUT2D eigenvalue weighted by atomic mass is 32.2. The zero-order valence-electron chi connectivity index (χ0n) is 12.3. The Morgan fingerprint density at radius 3 is 2.57 bits per heavy atom. The van der Waals surface area contributed by atoms with Crippen molar-refractivity contribution in [2.75, 3.05) is 24.8 Å². The first-order valence-electron chi connectivity index (χ1n) is 6.98. The smallest absolute Gasteiger partial charge is 0.0747 e. The average Bonchev–Trinajstić information content (AvgIpc) is 2.54. The van der Waals surface area contributed by atoms with E-state index in [2.05, 4.69) is 60.4 Å². The van der Waals surface area contributed by atoms with Gasteiger partial charge in [0, 0.05) is 23.4 Å². The van der Waals surface area contributed by atoms with Gasteiger partial charge in [0.15, 0.2) is 0 Å². The lowest BCUT2D eigenvalue weighted by Crippen LogP contribution is -2.16. The Labute approximate surface area is 131 Å². The topological polar surface area (TPSA) is 21.3 Å². The Balaban J connectivity index is 2.19. The summed E-state index contributed by atoms with van der Waals surface area (Å²) in [7, 11) is 1.73. The van der Waals surface area contributed by atoms with Gasteiger partial charge >= 0.3 is 0 Å². The van der Waals surface area contributed by atoms with E-state index < -0.39 is 0 Å². The molecule has 1 N–H and O–H groups in total. The monoisotopic (exact) mass is 299 g/mol. The fraction of sp³-hybridized carbons (Fsp3) is 0.222. The number of para-hydroxylation sites is 1. The summed E-state index contributed by atoms with van der Waals surface area (Å²) in [6, 6.07) is 18.9. The SMILES string of the molecule is C=CCSc1ccccc1NC(COC)c1ccccc1. The molecule has 110 valence electrons. The number of rotatable bonds is 8. The van der Waals surface area contributed by atoms with E-state index in [1.54, 1.807) is 18.9 Å². The van der Waals surface area contributed by atoms with Crippen molar-refractivity contribution >= 4 is 17.4 Å². The first-order chi connectivity index (χ1) is 10.3. The molecule has 0 saturated heterocycles. The van der Waals surface area contributed by atoms with E-state index in [9.17, 15) is 0 Å². The van der Waals surface area contributed by atoms with E-state index in [0.29, 0.717) is 6.61 Å². The van der Waals surface area contributed by atoms with Crippen molar-refractivity contribution in [3.8, 4) is 0 Å². The molecular formula is C18H21NOS. The third kappa shape index (κ3) is 4.66. The first kappa shape index (κ1) is 15.7. The normalized spacial score (nSPS) is 11.9. The van der Waals surface area contributed by atoms with Gasteiger partial charge in [0.05, 0.1) is 12.6 Å². The van der Waals surface area contributed by atoms with Crippen LogP contribution in [0.2, 0.25) is 0 Å². The summed E-state index contributed by atoms with van der Waals surface area (Å²) in [6.45, 7) is 4.41. The van der Waals surface area contributed by atoms with E-state index in [4.69, 9.17) is 4.74 Å². The quantitative estimate of drug-likeness (QED) is 0.560. The van der Waals surface area contributed by atoms with Crippen LogP contribution in [0.25, 0.3) is 0 Å². The molecule has 0 amide bonds. The second-order valence-corrected chi connectivity index (χ2v) is 5.72. The number of ether oxygens (including phenoxy) is 1. The Hall–Kier alpha value is -1.71. The highest BCUT2D eigenvalue weighted by Crippen LogP contribution is 2.30. The maximum Gasteiger partial charge on any atom is 0.0747 e. The van der Waals surface area contributed by atoms with Crippen molar-refractivity contribution in [1.29, 1.82) is 0 Å². The second-order valence-electron chi connectivity index (χ2n) is 4.66. The van der Waals surface area contributed by atoms with Gasteiger partial charge in [-0.3, -0.25) is 0 Å². The van der Waals surface area contributed by atoms with Crippen LogP contribution in [0.5, 0.6) is 0 Å². The van der Waals surface area contributed by atoms with Crippen molar-refractivity contribution in [2.45, 2.75) is 10.9 Å². The Morgan fingerprint density at radius 2 is 1.86 bits per heavy atom. The van der Waals surface area contributed by atoms with Gasteiger partial charge in [-0.1, -0.05) is 48.5 Å². The number of hydrogen-bond donors (Lipinski definition) is 1. The molecule has 2 rings (SSSR count). The summed E-state index contributed by atoms with van der Waals surface area (Å²) >= 11 is 1.78. The van der Waals surface area contributed by atoms with Crippen LogP contribution in [-0.2, 0) is 4.74 Å². The lowest BCUT2D eigenvalue weighted by Gasteiger charge is -2.21. The van der Waals surface area contributed by atoms with Gasteiger partial charge < -0.3 is 10.1 Å². The lowest BCUT2D eigenvalue weighted by molar-refractivity contribution is 0.186. The average molecular weight is 299 g/mol. The van der Waals surface area contributed by atoms with Crippen LogP contribution in [0, 0.1) is 0 Å². The predicted octanol–water partition coefficient (Wildman–Crippen LogP) is 4.76. The van der Waals surface area contributed by atoms with Gasteiger partial charge in [0.1, 0.15) is 0 Å². The van der Waals surface area contributed by atoms with Gasteiger partial charge in [-0.15, -0.1) is 18.3 Å². The number of nitrogens with one attached hydrogen (secondary N) is 1. The third-order valence-corrected chi connectivity index (χ3v) is 4.18. The second kappa shape index (κ2) is 8.55. The van der Waals surface area contributed by atoms with E-state index in [1.807, 2.05) is 12.1 Å². The van der Waals surface area contributed by atoms with E-state index in [0.717, 1.165) is 11.4 Å². The van der Waals surface area contributed by atoms with Crippen molar-refractivity contribution in [1.82, 2.24) is 0 Å². The van der Waals surface area contributed by atoms with Crippen LogP contribution in [0.3, 0.4) is 0 Å². The highest BCUT2D eigenvalue weighted by Gasteiger charge is 2.12. The van der Waals surface area contributed by atoms with Crippen LogP contribution in [0.15, 0.2) is 72.1 Å². The molecule has 0 aliphatic heterocycles. The lowest BCUT2D eigenvalue weighted by atomic mass is 10.1. The number of thioether (sulfide) groups is 1. The number of anilines is 1. The molecule has 2 nitrogen and oxygen atoms in total. The van der Waals surface area contributed by atoms with E-state index in [1.165, 1.54) is 10.5 Å². The minimum Gasteiger partial charge on any atom is -0.382 e. The first-order valence-corrected chi connectivity index (χ1v) is 7.97. The summed E-state index contributed by atoms with van der Waals surface area (Å²) in [5, 5.41) is 3.59. The molecule has 0 aliphatic rings. The summed E-state index contributed by atoms with van der Waals surface area (Å²) in [5.41, 5.74) is 2.36. The third-order valence-electron chi connectivity index (χ3n) is 3.11. The summed E-state index contributed by atoms with van der Waals surface area (Å²) < 4.78 is 5.37. The molecule has 1 atom stereocenters. The largest absolute Gasteiger partial charge is 0.382 e. The van der Waals surface area contributed by atoms with Crippen LogP contribution in [0.4, 0.5) is 5.69 Å². The van der Waals surface area contributed by atoms with Gasteiger partial charge in [0.2, 0.25) is 0 Å². The predicted molar refractivity (Wildman–Crippen MR) is 92.0 cm³/mol. The molecule has 3 heteroatoms. The van der Waals surface area contributed by atoms with Crippen molar-refractivity contribution in [3.05, 3.63) is 72.8 Å². The van der Waals surface area contributed by atoms with Crippen LogP contribution < -0.4 is 5.32 Å². The maximum atomic E-state index is 5.37. The Morgan fingerprint density at radius 1 is 1.14 bits per heavy atom. The standard InChI is InChI=1S/C18H21NOS/c1-3-13-21-18-12-8-7-11-16(18)19-17(14-20-2)15-9-5-4-6-10-15/h3-12,17,19H,1,13-14H2,2H3. The van der Waals surface area contributed by atoms with Crippen molar-refractivity contribution < 1.29 is 4.74 Å². The molecule has 0 spiro atoms. The number of benzene rings is 2. The van der Waals surface area contributed by atoms with E-state index >= 15 is 0 Å². The number of hydrogen-bond acceptors (Lipinski definition) is 3. The molecule has 0 fully saturated rings. The molecule has 0 aromatic heterocycles. The molecule has 0 aliphatic carbocycles. The molecule has 0 bridgehead atoms. The van der Waals surface area contributed by atoms with Gasteiger partial charge in [-0.25, -0.2) is 0 Å². The van der Waals surface area contributed by atoms with Gasteiger partial charge in [-0.2, -0.15) is 0 Å².